The van der Waals surface area contributed by atoms with E-state index in [1.165, 1.54) is 30.8 Å². The Morgan fingerprint density at radius 1 is 0.585 bits per heavy atom. The van der Waals surface area contributed by atoms with Crippen molar-refractivity contribution in [1.82, 2.24) is 37.2 Å². The van der Waals surface area contributed by atoms with Gasteiger partial charge in [-0.05, 0) is 60.1 Å². The average Bonchev–Trinajstić information content (AvgIpc) is 3.27. The molecule has 5 unspecified atom stereocenters. The van der Waals surface area contributed by atoms with E-state index in [-0.39, 0.29) is 56.8 Å². The number of rotatable bonds is 27. The maximum absolute atomic E-state index is 14.0. The Balaban J connectivity index is 1.71. The van der Waals surface area contributed by atoms with E-state index in [1.54, 1.807) is 79.1 Å². The van der Waals surface area contributed by atoms with Gasteiger partial charge in [0.25, 0.3) is 0 Å². The van der Waals surface area contributed by atoms with Gasteiger partial charge in [0.1, 0.15) is 36.0 Å². The molecule has 21 heteroatoms. The van der Waals surface area contributed by atoms with Crippen LogP contribution in [0.25, 0.3) is 0 Å². The molecule has 7 amide bonds. The number of amides is 7. The molecule has 350 valence electrons. The Labute approximate surface area is 380 Å². The van der Waals surface area contributed by atoms with Crippen LogP contribution in [0.15, 0.2) is 89.9 Å². The van der Waals surface area contributed by atoms with Crippen molar-refractivity contribution in [2.45, 2.75) is 75.7 Å². The van der Waals surface area contributed by atoms with Gasteiger partial charge in [-0.3, -0.25) is 38.6 Å². The van der Waals surface area contributed by atoms with Crippen molar-refractivity contribution < 1.29 is 48.6 Å². The highest BCUT2D eigenvalue weighted by Gasteiger charge is 2.31. The highest BCUT2D eigenvalue weighted by atomic mass is 32.2. The van der Waals surface area contributed by atoms with E-state index in [4.69, 9.17) is 11.5 Å². The molecule has 65 heavy (non-hydrogen) atoms. The molecule has 0 spiro atoms. The Morgan fingerprint density at radius 3 is 1.58 bits per heavy atom. The summed E-state index contributed by atoms with van der Waals surface area (Å²) in [7, 11) is 0. The Kier molecular flexibility index (Phi) is 22.3. The van der Waals surface area contributed by atoms with E-state index in [2.05, 4.69) is 42.2 Å². The van der Waals surface area contributed by atoms with Crippen molar-refractivity contribution in [3.63, 3.8) is 0 Å². The monoisotopic (exact) mass is 918 g/mol. The quantitative estimate of drug-likeness (QED) is 0.0249. The lowest BCUT2D eigenvalue weighted by atomic mass is 10.0. The van der Waals surface area contributed by atoms with E-state index < -0.39 is 90.6 Å². The number of carboxylic acid groups (broad SMARTS) is 1. The number of carbonyl (C=O) groups is 8. The van der Waals surface area contributed by atoms with Gasteiger partial charge in [0, 0.05) is 32.7 Å². The van der Waals surface area contributed by atoms with E-state index >= 15 is 0 Å². The van der Waals surface area contributed by atoms with Gasteiger partial charge in [-0.25, -0.2) is 4.79 Å². The molecule has 0 aliphatic rings. The molecular formula is C44H58N10O10S. The van der Waals surface area contributed by atoms with Gasteiger partial charge in [-0.2, -0.15) is 11.8 Å². The average molecular weight is 919 g/mol. The van der Waals surface area contributed by atoms with E-state index in [0.717, 1.165) is 0 Å². The number of benzene rings is 3. The molecule has 0 radical (unpaired) electrons. The lowest BCUT2D eigenvalue weighted by Gasteiger charge is -2.26. The first-order valence-electron chi connectivity index (χ1n) is 20.7. The van der Waals surface area contributed by atoms with Crippen molar-refractivity contribution in [3.05, 3.63) is 102 Å². The van der Waals surface area contributed by atoms with Gasteiger partial charge in [-0.15, -0.1) is 0 Å². The maximum atomic E-state index is 14.0. The molecule has 0 aliphatic heterocycles. The number of aliphatic carboxylic acids is 1. The van der Waals surface area contributed by atoms with Crippen molar-refractivity contribution in [1.29, 1.82) is 0 Å². The summed E-state index contributed by atoms with van der Waals surface area (Å²) in [4.78, 5) is 108. The maximum Gasteiger partial charge on any atom is 0.326 e. The highest BCUT2D eigenvalue weighted by Crippen LogP contribution is 2.12. The lowest BCUT2D eigenvalue weighted by molar-refractivity contribution is -0.142. The second-order valence-electron chi connectivity index (χ2n) is 14.9. The zero-order chi connectivity index (χ0) is 47.7. The molecule has 0 aromatic heterocycles. The highest BCUT2D eigenvalue weighted by molar-refractivity contribution is 7.98. The predicted octanol–water partition coefficient (Wildman–Crippen LogP) is -1.01. The molecule has 13 N–H and O–H groups in total. The first-order valence-corrected chi connectivity index (χ1v) is 22.1. The lowest BCUT2D eigenvalue weighted by Crippen LogP contribution is -2.58. The molecule has 20 nitrogen and oxygen atoms in total. The normalized spacial score (nSPS) is 13.0. The van der Waals surface area contributed by atoms with Crippen LogP contribution in [0.2, 0.25) is 0 Å². The topological polar surface area (TPSA) is 326 Å². The van der Waals surface area contributed by atoms with E-state index in [9.17, 15) is 48.6 Å². The summed E-state index contributed by atoms with van der Waals surface area (Å²) < 4.78 is 0. The Morgan fingerprint density at radius 2 is 1.06 bits per heavy atom. The fourth-order valence-electron chi connectivity index (χ4n) is 6.30. The summed E-state index contributed by atoms with van der Waals surface area (Å²) in [6.07, 6.45) is 2.17. The summed E-state index contributed by atoms with van der Waals surface area (Å²) in [5.74, 6) is -5.97. The van der Waals surface area contributed by atoms with Crippen molar-refractivity contribution in [2.24, 2.45) is 16.5 Å². The third kappa shape index (κ3) is 20.3. The number of phenols is 1. The molecule has 0 heterocycles. The standard InChI is InChI=1S/C44H58N10O10S/c1-27(55)50-34(23-30-15-17-31(56)18-16-30)39(59)49-25-37(57)48-26-38(58)51-35(22-28-10-5-3-6-11-28)42(62)53-33(19-21-65-2)41(61)52-32(14-9-20-47-44(45)46)40(60)54-36(43(63)64)24-29-12-7-4-8-13-29/h3-8,10-13,15-18,32-36,56H,9,14,19-26H2,1-2H3,(H,48,57)(H,49,59)(H,50,55)(H,51,58)(H,52,61)(H,53,62)(H,54,60)(H,63,64)(H4,45,46,47). The number of nitrogens with one attached hydrogen (secondary N) is 7. The number of nitrogens with two attached hydrogens (primary N) is 2. The molecule has 5 atom stereocenters. The molecule has 0 bridgehead atoms. The minimum absolute atomic E-state index is 0.00695. The summed E-state index contributed by atoms with van der Waals surface area (Å²) >= 11 is 1.40. The number of thioether (sulfide) groups is 1. The second kappa shape index (κ2) is 27.8. The van der Waals surface area contributed by atoms with Crippen molar-refractivity contribution in [2.75, 3.05) is 31.6 Å². The number of carboxylic acids is 1. The van der Waals surface area contributed by atoms with Gasteiger partial charge >= 0.3 is 5.97 Å². The van der Waals surface area contributed by atoms with Crippen LogP contribution < -0.4 is 48.7 Å². The fourth-order valence-corrected chi connectivity index (χ4v) is 6.77. The molecule has 0 fully saturated rings. The zero-order valence-corrected chi connectivity index (χ0v) is 37.0. The van der Waals surface area contributed by atoms with Crippen LogP contribution in [0, 0.1) is 0 Å². The number of hydrogen-bond donors (Lipinski definition) is 11. The molecule has 0 aliphatic carbocycles. The van der Waals surface area contributed by atoms with Crippen LogP contribution in [-0.4, -0.2) is 125 Å². The number of carbonyl (C=O) groups excluding carboxylic acids is 7. The first kappa shape index (κ1) is 52.2. The number of guanidine groups is 1. The Hall–Kier alpha value is -7.16. The van der Waals surface area contributed by atoms with Crippen molar-refractivity contribution >= 4 is 65.0 Å². The van der Waals surface area contributed by atoms with Gasteiger partial charge < -0.3 is 58.9 Å². The second-order valence-corrected chi connectivity index (χ2v) is 15.9. The molecule has 0 saturated carbocycles. The van der Waals surface area contributed by atoms with Gasteiger partial charge in [0.2, 0.25) is 41.4 Å². The largest absolute Gasteiger partial charge is 0.508 e. The number of hydrogen-bond acceptors (Lipinski definition) is 11. The number of nitrogens with zero attached hydrogens (tertiary/aromatic N) is 1. The third-order valence-electron chi connectivity index (χ3n) is 9.59. The van der Waals surface area contributed by atoms with Gasteiger partial charge in [0.05, 0.1) is 13.1 Å². The smallest absolute Gasteiger partial charge is 0.326 e. The summed E-state index contributed by atoms with van der Waals surface area (Å²) in [6.45, 7) is 0.205. The minimum atomic E-state index is -1.33. The summed E-state index contributed by atoms with van der Waals surface area (Å²) in [5.41, 5.74) is 12.9. The molecule has 0 saturated heterocycles. The number of aliphatic imine (C=N–C) groups is 1. The number of phenolic OH excluding ortho intramolecular Hbond substituents is 1. The molecule has 3 aromatic carbocycles. The van der Waals surface area contributed by atoms with Crippen molar-refractivity contribution in [3.8, 4) is 5.75 Å². The van der Waals surface area contributed by atoms with Crippen LogP contribution in [0.3, 0.4) is 0 Å². The van der Waals surface area contributed by atoms with Crippen LogP contribution in [0.1, 0.15) is 42.9 Å². The third-order valence-corrected chi connectivity index (χ3v) is 10.2. The molecule has 3 aromatic rings. The Bertz CT molecular complexity index is 2090. The van der Waals surface area contributed by atoms with Crippen LogP contribution in [0.5, 0.6) is 5.75 Å². The predicted molar refractivity (Wildman–Crippen MR) is 244 cm³/mol. The van der Waals surface area contributed by atoms with Gasteiger partial charge in [-0.1, -0.05) is 72.8 Å². The molecular weight excluding hydrogens is 861 g/mol. The fraction of sp³-hybridized carbons (Fsp3) is 0.386. The zero-order valence-electron chi connectivity index (χ0n) is 36.2. The number of aromatic hydroxyl groups is 1. The van der Waals surface area contributed by atoms with E-state index in [1.807, 2.05) is 0 Å². The van der Waals surface area contributed by atoms with Crippen LogP contribution in [-0.2, 0) is 57.6 Å². The van der Waals surface area contributed by atoms with E-state index in [0.29, 0.717) is 22.4 Å². The minimum Gasteiger partial charge on any atom is -0.508 e. The van der Waals surface area contributed by atoms with Crippen LogP contribution in [0.4, 0.5) is 0 Å². The van der Waals surface area contributed by atoms with Crippen LogP contribution >= 0.6 is 11.8 Å². The molecule has 3 rings (SSSR count). The van der Waals surface area contributed by atoms with Gasteiger partial charge in [0.15, 0.2) is 5.96 Å². The summed E-state index contributed by atoms with van der Waals surface area (Å²) in [6, 6.07) is 17.3. The first-order chi connectivity index (χ1) is 31.0. The SMILES string of the molecule is CSCCC(NC(=O)C(Cc1ccccc1)NC(=O)CNC(=O)CNC(=O)C(Cc1ccc(O)cc1)NC(C)=O)C(=O)NC(CCCN=C(N)N)C(=O)NC(Cc1ccccc1)C(=O)O. The summed E-state index contributed by atoms with van der Waals surface area (Å²) in [5, 5.41) is 37.3.